The summed E-state index contributed by atoms with van der Waals surface area (Å²) in [4.78, 5) is 2.06. The Morgan fingerprint density at radius 2 is 2.00 bits per heavy atom. The number of nitrogens with zero attached hydrogens (tertiary/aromatic N) is 1. The highest BCUT2D eigenvalue weighted by Gasteiger charge is 1.99. The Balaban J connectivity index is 2.99. The average molecular weight is 162 g/mol. The van der Waals surface area contributed by atoms with Gasteiger partial charge in [-0.05, 0) is 18.3 Å². The summed E-state index contributed by atoms with van der Waals surface area (Å²) in [5, 5.41) is 3.08. The van der Waals surface area contributed by atoms with Gasteiger partial charge in [-0.15, -0.1) is 0 Å². The van der Waals surface area contributed by atoms with Crippen molar-refractivity contribution in [2.75, 3.05) is 24.3 Å². The summed E-state index contributed by atoms with van der Waals surface area (Å²) in [5.41, 5.74) is 2.25. The monoisotopic (exact) mass is 162 g/mol. The van der Waals surface area contributed by atoms with E-state index in [1.807, 2.05) is 32.3 Å². The molecule has 2 nitrogen and oxygen atoms in total. The maximum atomic E-state index is 3.63. The van der Waals surface area contributed by atoms with Gasteiger partial charge in [-0.1, -0.05) is 18.7 Å². The van der Waals surface area contributed by atoms with E-state index in [0.717, 1.165) is 11.4 Å². The van der Waals surface area contributed by atoms with Gasteiger partial charge in [0.15, 0.2) is 0 Å². The predicted molar refractivity (Wildman–Crippen MR) is 54.6 cm³/mol. The number of anilines is 2. The summed E-state index contributed by atoms with van der Waals surface area (Å²) in [6.45, 7) is 3.63. The highest BCUT2D eigenvalue weighted by Crippen LogP contribution is 2.22. The van der Waals surface area contributed by atoms with Gasteiger partial charge in [-0.3, -0.25) is 0 Å². The number of hydrogen-bond donors (Lipinski definition) is 1. The average Bonchev–Trinajstić information content (AvgIpc) is 2.05. The Bertz CT molecular complexity index is 266. The maximum absolute atomic E-state index is 3.63. The lowest BCUT2D eigenvalue weighted by molar-refractivity contribution is 1.13. The summed E-state index contributed by atoms with van der Waals surface area (Å²) in [5.74, 6) is 0. The van der Waals surface area contributed by atoms with Crippen LogP contribution in [0.25, 0.3) is 0 Å². The minimum absolute atomic E-state index is 1.08. The number of para-hydroxylation sites is 2. The first-order valence-corrected chi connectivity index (χ1v) is 3.89. The fourth-order valence-corrected chi connectivity index (χ4v) is 1.10. The van der Waals surface area contributed by atoms with Crippen LogP contribution >= 0.6 is 0 Å². The van der Waals surface area contributed by atoms with E-state index >= 15 is 0 Å². The molecule has 12 heavy (non-hydrogen) atoms. The predicted octanol–water partition coefficient (Wildman–Crippen LogP) is 2.31. The minimum Gasteiger partial charge on any atom is -0.376 e. The Morgan fingerprint density at radius 1 is 1.33 bits per heavy atom. The van der Waals surface area contributed by atoms with Gasteiger partial charge in [0.2, 0.25) is 0 Å². The van der Waals surface area contributed by atoms with Crippen LogP contribution in [0.5, 0.6) is 0 Å². The lowest BCUT2D eigenvalue weighted by Crippen LogP contribution is -2.10. The van der Waals surface area contributed by atoms with E-state index in [2.05, 4.69) is 22.9 Å². The van der Waals surface area contributed by atoms with E-state index in [1.165, 1.54) is 0 Å². The van der Waals surface area contributed by atoms with Crippen LogP contribution < -0.4 is 10.2 Å². The van der Waals surface area contributed by atoms with Gasteiger partial charge < -0.3 is 10.2 Å². The second kappa shape index (κ2) is 3.81. The number of rotatable bonds is 3. The molecule has 0 amide bonds. The van der Waals surface area contributed by atoms with Gasteiger partial charge in [0.25, 0.3) is 0 Å². The molecule has 0 saturated carbocycles. The highest BCUT2D eigenvalue weighted by atomic mass is 15.1. The summed E-state index contributed by atoms with van der Waals surface area (Å²) in [7, 11) is 4.03. The van der Waals surface area contributed by atoms with Gasteiger partial charge in [0.05, 0.1) is 11.4 Å². The van der Waals surface area contributed by atoms with Crippen molar-refractivity contribution in [1.29, 1.82) is 0 Å². The van der Waals surface area contributed by atoms with Gasteiger partial charge in [0.1, 0.15) is 0 Å². The molecule has 0 saturated heterocycles. The van der Waals surface area contributed by atoms with Crippen molar-refractivity contribution in [2.45, 2.75) is 0 Å². The van der Waals surface area contributed by atoms with Gasteiger partial charge >= 0.3 is 0 Å². The quantitative estimate of drug-likeness (QED) is 0.733. The first-order valence-electron chi connectivity index (χ1n) is 3.89. The largest absolute Gasteiger partial charge is 0.376 e. The molecule has 0 radical (unpaired) electrons. The fourth-order valence-electron chi connectivity index (χ4n) is 1.10. The van der Waals surface area contributed by atoms with Crippen LogP contribution in [0, 0.1) is 0 Å². The lowest BCUT2D eigenvalue weighted by atomic mass is 10.2. The van der Waals surface area contributed by atoms with Crippen molar-refractivity contribution in [1.82, 2.24) is 0 Å². The van der Waals surface area contributed by atoms with E-state index in [1.54, 1.807) is 6.20 Å². The van der Waals surface area contributed by atoms with Crippen molar-refractivity contribution in [2.24, 2.45) is 0 Å². The van der Waals surface area contributed by atoms with Gasteiger partial charge in [-0.25, -0.2) is 0 Å². The molecular formula is C10H14N2. The zero-order chi connectivity index (χ0) is 8.97. The van der Waals surface area contributed by atoms with E-state index < -0.39 is 0 Å². The summed E-state index contributed by atoms with van der Waals surface area (Å²) in [6.07, 6.45) is 1.68. The van der Waals surface area contributed by atoms with Gasteiger partial charge in [0, 0.05) is 14.1 Å². The standard InChI is InChI=1S/C10H14N2/c1-4-11-9-7-5-6-8-10(9)12(2)3/h4-8,11H,1H2,2-3H3. The summed E-state index contributed by atoms with van der Waals surface area (Å²) < 4.78 is 0. The lowest BCUT2D eigenvalue weighted by Gasteiger charge is -2.16. The van der Waals surface area contributed by atoms with Crippen molar-refractivity contribution < 1.29 is 0 Å². The van der Waals surface area contributed by atoms with Gasteiger partial charge in [-0.2, -0.15) is 0 Å². The Morgan fingerprint density at radius 3 is 2.58 bits per heavy atom. The first kappa shape index (κ1) is 8.65. The van der Waals surface area contributed by atoms with Crippen molar-refractivity contribution in [3.8, 4) is 0 Å². The third-order valence-corrected chi connectivity index (χ3v) is 1.64. The molecule has 0 heterocycles. The Labute approximate surface area is 73.5 Å². The third kappa shape index (κ3) is 1.78. The first-order chi connectivity index (χ1) is 5.75. The molecule has 0 fully saturated rings. The van der Waals surface area contributed by atoms with Crippen LogP contribution in [0.15, 0.2) is 37.0 Å². The SMILES string of the molecule is C=CNc1ccccc1N(C)C. The number of benzene rings is 1. The third-order valence-electron chi connectivity index (χ3n) is 1.64. The Kier molecular flexibility index (Phi) is 2.75. The molecule has 1 N–H and O–H groups in total. The molecule has 1 aromatic rings. The summed E-state index contributed by atoms with van der Waals surface area (Å²) >= 11 is 0. The normalized spacial score (nSPS) is 9.17. The molecule has 0 aliphatic rings. The molecule has 0 spiro atoms. The van der Waals surface area contributed by atoms with Crippen LogP contribution in [0.3, 0.4) is 0 Å². The van der Waals surface area contributed by atoms with E-state index in [9.17, 15) is 0 Å². The highest BCUT2D eigenvalue weighted by molar-refractivity contribution is 5.70. The smallest absolute Gasteiger partial charge is 0.0617 e. The zero-order valence-electron chi connectivity index (χ0n) is 7.54. The van der Waals surface area contributed by atoms with Crippen LogP contribution in [0.4, 0.5) is 11.4 Å². The van der Waals surface area contributed by atoms with Crippen molar-refractivity contribution in [3.63, 3.8) is 0 Å². The van der Waals surface area contributed by atoms with E-state index in [0.29, 0.717) is 0 Å². The van der Waals surface area contributed by atoms with Crippen LogP contribution in [-0.4, -0.2) is 14.1 Å². The molecule has 1 aromatic carbocycles. The molecule has 0 aromatic heterocycles. The molecular weight excluding hydrogens is 148 g/mol. The molecule has 2 heteroatoms. The second-order valence-corrected chi connectivity index (χ2v) is 2.76. The van der Waals surface area contributed by atoms with Crippen molar-refractivity contribution in [3.05, 3.63) is 37.0 Å². The molecule has 64 valence electrons. The van der Waals surface area contributed by atoms with Crippen molar-refractivity contribution >= 4 is 11.4 Å². The Hall–Kier alpha value is -1.44. The van der Waals surface area contributed by atoms with E-state index in [4.69, 9.17) is 0 Å². The molecule has 1 rings (SSSR count). The topological polar surface area (TPSA) is 15.3 Å². The molecule has 0 atom stereocenters. The molecule has 0 aliphatic heterocycles. The minimum atomic E-state index is 1.08. The molecule has 0 unspecified atom stereocenters. The fraction of sp³-hybridized carbons (Fsp3) is 0.200. The van der Waals surface area contributed by atoms with E-state index in [-0.39, 0.29) is 0 Å². The number of hydrogen-bond acceptors (Lipinski definition) is 2. The second-order valence-electron chi connectivity index (χ2n) is 2.76. The molecule has 0 bridgehead atoms. The van der Waals surface area contributed by atoms with Crippen LogP contribution in [-0.2, 0) is 0 Å². The summed E-state index contributed by atoms with van der Waals surface area (Å²) in [6, 6.07) is 8.10. The zero-order valence-corrected chi connectivity index (χ0v) is 7.54. The number of nitrogens with one attached hydrogen (secondary N) is 1. The van der Waals surface area contributed by atoms with Crippen LogP contribution in [0.2, 0.25) is 0 Å². The van der Waals surface area contributed by atoms with Crippen LogP contribution in [0.1, 0.15) is 0 Å². The maximum Gasteiger partial charge on any atom is 0.0617 e. The molecule has 0 aliphatic carbocycles.